The number of nitrogens with one attached hydrogen (secondary N) is 1. The van der Waals surface area contributed by atoms with E-state index in [2.05, 4.69) is 55.4 Å². The van der Waals surface area contributed by atoms with Crippen molar-refractivity contribution in [3.05, 3.63) is 51.5 Å². The summed E-state index contributed by atoms with van der Waals surface area (Å²) in [5, 5.41) is 10.2. The third-order valence-electron chi connectivity index (χ3n) is 3.45. The predicted molar refractivity (Wildman–Crippen MR) is 94.6 cm³/mol. The number of halogens is 1. The van der Waals surface area contributed by atoms with Gasteiger partial charge in [-0.25, -0.2) is 4.98 Å². The van der Waals surface area contributed by atoms with Gasteiger partial charge in [-0.3, -0.25) is 0 Å². The molecule has 1 N–H and O–H groups in total. The molecule has 0 spiro atoms. The maximum atomic E-state index is 5.32. The molecule has 3 aromatic rings. The van der Waals surface area contributed by atoms with E-state index in [4.69, 9.17) is 4.52 Å². The van der Waals surface area contributed by atoms with Crippen LogP contribution in [0.2, 0.25) is 0 Å². The monoisotopic (exact) mass is 392 g/mol. The second-order valence-electron chi connectivity index (χ2n) is 5.33. The zero-order chi connectivity index (χ0) is 16.2. The average molecular weight is 393 g/mol. The summed E-state index contributed by atoms with van der Waals surface area (Å²) < 4.78 is 6.36. The van der Waals surface area contributed by atoms with Crippen LogP contribution in [-0.4, -0.2) is 28.2 Å². The van der Waals surface area contributed by atoms with E-state index in [9.17, 15) is 0 Å². The summed E-state index contributed by atoms with van der Waals surface area (Å²) >= 11 is 5.11. The number of hydrogen-bond acceptors (Lipinski definition) is 6. The number of benzene rings is 1. The van der Waals surface area contributed by atoms with E-state index in [1.54, 1.807) is 11.3 Å². The van der Waals surface area contributed by atoms with E-state index in [0.29, 0.717) is 18.4 Å². The molecule has 0 aliphatic heterocycles. The molecule has 0 fully saturated rings. The van der Waals surface area contributed by atoms with Crippen LogP contribution in [0.25, 0.3) is 10.6 Å². The molecule has 1 aromatic carbocycles. The van der Waals surface area contributed by atoms with Crippen LogP contribution < -0.4 is 5.32 Å². The first-order chi connectivity index (χ1) is 11.1. The van der Waals surface area contributed by atoms with E-state index < -0.39 is 0 Å². The van der Waals surface area contributed by atoms with Gasteiger partial charge in [0.05, 0.1) is 12.1 Å². The molecule has 1 unspecified atom stereocenters. The summed E-state index contributed by atoms with van der Waals surface area (Å²) in [6, 6.07) is 8.45. The van der Waals surface area contributed by atoms with Crippen LogP contribution in [0.5, 0.6) is 0 Å². The van der Waals surface area contributed by atoms with Crippen molar-refractivity contribution in [2.45, 2.75) is 25.8 Å². The van der Waals surface area contributed by atoms with E-state index in [1.165, 1.54) is 0 Å². The summed E-state index contributed by atoms with van der Waals surface area (Å²) in [5.41, 5.74) is 2.05. The smallest absolute Gasteiger partial charge is 0.232 e. The normalized spacial score (nSPS) is 12.5. The minimum Gasteiger partial charge on any atom is -0.339 e. The van der Waals surface area contributed by atoms with Gasteiger partial charge in [0.15, 0.2) is 5.82 Å². The SMILES string of the molecule is CNC(C)Cc1noc(Cc2csc(-c3cccc(Br)c3)n2)n1. The van der Waals surface area contributed by atoms with Crippen LogP contribution in [0.3, 0.4) is 0 Å². The Labute approximate surface area is 147 Å². The molecule has 0 saturated carbocycles. The maximum absolute atomic E-state index is 5.32. The van der Waals surface area contributed by atoms with Crippen molar-refractivity contribution in [2.75, 3.05) is 7.05 Å². The molecule has 3 rings (SSSR count). The van der Waals surface area contributed by atoms with Gasteiger partial charge in [-0.1, -0.05) is 33.2 Å². The van der Waals surface area contributed by atoms with Crippen LogP contribution in [0.4, 0.5) is 0 Å². The lowest BCUT2D eigenvalue weighted by Gasteiger charge is -2.04. The second-order valence-corrected chi connectivity index (χ2v) is 7.10. The molecule has 2 heterocycles. The van der Waals surface area contributed by atoms with Gasteiger partial charge in [0, 0.05) is 27.9 Å². The highest BCUT2D eigenvalue weighted by molar-refractivity contribution is 9.10. The van der Waals surface area contributed by atoms with Crippen molar-refractivity contribution in [1.29, 1.82) is 0 Å². The van der Waals surface area contributed by atoms with Crippen molar-refractivity contribution in [1.82, 2.24) is 20.4 Å². The molecular weight excluding hydrogens is 376 g/mol. The highest BCUT2D eigenvalue weighted by Gasteiger charge is 2.12. The standard InChI is InChI=1S/C16H17BrN4OS/c1-10(18-2)6-14-20-15(22-21-14)8-13-9-23-16(19-13)11-4-3-5-12(17)7-11/h3-5,7,9-10,18H,6,8H2,1-2H3. The van der Waals surface area contributed by atoms with Crippen LogP contribution in [0.15, 0.2) is 38.6 Å². The van der Waals surface area contributed by atoms with Gasteiger partial charge in [-0.15, -0.1) is 11.3 Å². The molecule has 0 aliphatic rings. The maximum Gasteiger partial charge on any atom is 0.232 e. The van der Waals surface area contributed by atoms with Crippen molar-refractivity contribution >= 4 is 27.3 Å². The number of thiazole rings is 1. The van der Waals surface area contributed by atoms with Crippen LogP contribution >= 0.6 is 27.3 Å². The topological polar surface area (TPSA) is 63.8 Å². The molecule has 0 saturated heterocycles. The number of likely N-dealkylation sites (N-methyl/N-ethyl adjacent to an activating group) is 1. The zero-order valence-corrected chi connectivity index (χ0v) is 15.3. The van der Waals surface area contributed by atoms with Gasteiger partial charge >= 0.3 is 0 Å². The van der Waals surface area contributed by atoms with E-state index in [0.717, 1.165) is 33.0 Å². The molecular formula is C16H17BrN4OS. The van der Waals surface area contributed by atoms with Crippen molar-refractivity contribution in [3.8, 4) is 10.6 Å². The minimum absolute atomic E-state index is 0.322. The van der Waals surface area contributed by atoms with Crippen LogP contribution in [0.1, 0.15) is 24.3 Å². The largest absolute Gasteiger partial charge is 0.339 e. The highest BCUT2D eigenvalue weighted by atomic mass is 79.9. The quantitative estimate of drug-likeness (QED) is 0.692. The van der Waals surface area contributed by atoms with E-state index >= 15 is 0 Å². The fraction of sp³-hybridized carbons (Fsp3) is 0.312. The molecule has 2 aromatic heterocycles. The molecule has 0 bridgehead atoms. The van der Waals surface area contributed by atoms with E-state index in [1.807, 2.05) is 24.6 Å². The lowest BCUT2D eigenvalue weighted by molar-refractivity contribution is 0.376. The first kappa shape index (κ1) is 16.3. The van der Waals surface area contributed by atoms with Gasteiger partial charge < -0.3 is 9.84 Å². The van der Waals surface area contributed by atoms with Gasteiger partial charge in [-0.2, -0.15) is 4.98 Å². The van der Waals surface area contributed by atoms with Crippen molar-refractivity contribution < 1.29 is 4.52 Å². The Morgan fingerprint density at radius 2 is 2.22 bits per heavy atom. The Morgan fingerprint density at radius 1 is 1.35 bits per heavy atom. The number of hydrogen-bond donors (Lipinski definition) is 1. The minimum atomic E-state index is 0.322. The van der Waals surface area contributed by atoms with Gasteiger partial charge in [0.25, 0.3) is 0 Å². The number of aromatic nitrogens is 3. The molecule has 0 amide bonds. The Balaban J connectivity index is 1.70. The molecule has 5 nitrogen and oxygen atoms in total. The summed E-state index contributed by atoms with van der Waals surface area (Å²) in [7, 11) is 1.92. The molecule has 1 atom stereocenters. The Bertz CT molecular complexity index is 786. The summed E-state index contributed by atoms with van der Waals surface area (Å²) in [5.74, 6) is 1.33. The van der Waals surface area contributed by atoms with Crippen molar-refractivity contribution in [2.24, 2.45) is 0 Å². The fourth-order valence-corrected chi connectivity index (χ4v) is 3.33. The zero-order valence-electron chi connectivity index (χ0n) is 12.9. The van der Waals surface area contributed by atoms with Gasteiger partial charge in [-0.05, 0) is 26.1 Å². The highest BCUT2D eigenvalue weighted by Crippen LogP contribution is 2.26. The lowest BCUT2D eigenvalue weighted by Crippen LogP contribution is -2.24. The average Bonchev–Trinajstić information content (AvgIpc) is 3.17. The predicted octanol–water partition coefficient (Wildman–Crippen LogP) is 3.70. The molecule has 23 heavy (non-hydrogen) atoms. The van der Waals surface area contributed by atoms with E-state index in [-0.39, 0.29) is 0 Å². The number of rotatable bonds is 6. The first-order valence-electron chi connectivity index (χ1n) is 7.33. The number of nitrogens with zero attached hydrogens (tertiary/aromatic N) is 3. The Kier molecular flexibility index (Phi) is 5.20. The fourth-order valence-electron chi connectivity index (χ4n) is 2.12. The Hall–Kier alpha value is -1.57. The third-order valence-corrected chi connectivity index (χ3v) is 4.88. The Morgan fingerprint density at radius 3 is 3.00 bits per heavy atom. The molecule has 120 valence electrons. The molecule has 0 aliphatic carbocycles. The third kappa shape index (κ3) is 4.25. The van der Waals surface area contributed by atoms with Gasteiger partial charge in [0.2, 0.25) is 5.89 Å². The molecule has 0 radical (unpaired) electrons. The van der Waals surface area contributed by atoms with Crippen molar-refractivity contribution in [3.63, 3.8) is 0 Å². The molecule has 7 heteroatoms. The van der Waals surface area contributed by atoms with Gasteiger partial charge in [0.1, 0.15) is 5.01 Å². The van der Waals surface area contributed by atoms with Crippen LogP contribution in [0, 0.1) is 0 Å². The summed E-state index contributed by atoms with van der Waals surface area (Å²) in [4.78, 5) is 9.09. The summed E-state index contributed by atoms with van der Waals surface area (Å²) in [6.07, 6.45) is 1.31. The first-order valence-corrected chi connectivity index (χ1v) is 9.00. The second kappa shape index (κ2) is 7.33. The lowest BCUT2D eigenvalue weighted by atomic mass is 10.2. The van der Waals surface area contributed by atoms with Crippen LogP contribution in [-0.2, 0) is 12.8 Å². The summed E-state index contributed by atoms with van der Waals surface area (Å²) in [6.45, 7) is 2.08.